The van der Waals surface area contributed by atoms with E-state index < -0.39 is 0 Å². The van der Waals surface area contributed by atoms with Gasteiger partial charge in [-0.05, 0) is 35.6 Å². The fourth-order valence-electron chi connectivity index (χ4n) is 2.62. The molecule has 0 aliphatic carbocycles. The summed E-state index contributed by atoms with van der Waals surface area (Å²) in [7, 11) is 0. The molecule has 0 fully saturated rings. The fourth-order valence-corrected chi connectivity index (χ4v) is 2.62. The van der Waals surface area contributed by atoms with Gasteiger partial charge in [-0.15, -0.1) is 0 Å². The van der Waals surface area contributed by atoms with Crippen molar-refractivity contribution >= 4 is 5.91 Å². The smallest absolute Gasteiger partial charge is 0.227 e. The minimum atomic E-state index is -0.112. The molecule has 1 aliphatic heterocycles. The molecule has 1 atom stereocenters. The van der Waals surface area contributed by atoms with Gasteiger partial charge in [0.2, 0.25) is 5.91 Å². The van der Waals surface area contributed by atoms with Gasteiger partial charge in [0.25, 0.3) is 0 Å². The zero-order chi connectivity index (χ0) is 14.0. The quantitative estimate of drug-likeness (QED) is 0.867. The van der Waals surface area contributed by atoms with Crippen molar-refractivity contribution in [3.8, 4) is 5.75 Å². The van der Waals surface area contributed by atoms with Crippen molar-refractivity contribution in [2.24, 2.45) is 17.6 Å². The Labute approximate surface area is 114 Å². The van der Waals surface area contributed by atoms with Crippen LogP contribution in [0.3, 0.4) is 0 Å². The van der Waals surface area contributed by atoms with Crippen LogP contribution in [0.4, 0.5) is 0 Å². The Balaban J connectivity index is 2.15. The zero-order valence-electron chi connectivity index (χ0n) is 11.6. The van der Waals surface area contributed by atoms with E-state index in [0.717, 1.165) is 18.5 Å². The molecule has 1 aromatic carbocycles. The van der Waals surface area contributed by atoms with Crippen LogP contribution in [0.2, 0.25) is 0 Å². The van der Waals surface area contributed by atoms with Gasteiger partial charge in [0, 0.05) is 19.6 Å². The third-order valence-corrected chi connectivity index (χ3v) is 3.89. The highest BCUT2D eigenvalue weighted by Crippen LogP contribution is 2.25. The number of benzene rings is 1. The van der Waals surface area contributed by atoms with Crippen LogP contribution in [0.15, 0.2) is 18.2 Å². The molecule has 0 radical (unpaired) electrons. The van der Waals surface area contributed by atoms with Gasteiger partial charge in [0.05, 0.1) is 5.92 Å². The number of carbonyl (C=O) groups excluding carboxylic acids is 1. The van der Waals surface area contributed by atoms with E-state index in [4.69, 9.17) is 5.73 Å². The lowest BCUT2D eigenvalue weighted by atomic mass is 9.92. The van der Waals surface area contributed by atoms with E-state index in [9.17, 15) is 9.90 Å². The summed E-state index contributed by atoms with van der Waals surface area (Å²) in [4.78, 5) is 14.3. The molecule has 0 spiro atoms. The van der Waals surface area contributed by atoms with Crippen LogP contribution in [0.1, 0.15) is 25.0 Å². The van der Waals surface area contributed by atoms with Crippen LogP contribution in [0, 0.1) is 11.8 Å². The maximum Gasteiger partial charge on any atom is 0.227 e. The van der Waals surface area contributed by atoms with Crippen molar-refractivity contribution in [2.45, 2.75) is 26.8 Å². The Morgan fingerprint density at radius 1 is 1.42 bits per heavy atom. The molecule has 0 bridgehead atoms. The Morgan fingerprint density at radius 3 is 2.79 bits per heavy atom. The third kappa shape index (κ3) is 2.89. The summed E-state index contributed by atoms with van der Waals surface area (Å²) in [6.45, 7) is 5.75. The summed E-state index contributed by atoms with van der Waals surface area (Å²) in [6.07, 6.45) is 0.844. The number of rotatable bonds is 3. The molecular weight excluding hydrogens is 240 g/mol. The van der Waals surface area contributed by atoms with Crippen LogP contribution in [-0.4, -0.2) is 29.0 Å². The molecule has 19 heavy (non-hydrogen) atoms. The zero-order valence-corrected chi connectivity index (χ0v) is 11.6. The van der Waals surface area contributed by atoms with Gasteiger partial charge in [0.15, 0.2) is 0 Å². The summed E-state index contributed by atoms with van der Waals surface area (Å²) in [6, 6.07) is 5.39. The standard InChI is InChI=1S/C15H22N2O2/c1-10(2)14(8-16)15(19)17-6-5-11-3-4-13(18)7-12(11)9-17/h3-4,7,10,14,18H,5-6,8-9,16H2,1-2H3. The predicted octanol–water partition coefficient (Wildman–Crippen LogP) is 1.51. The van der Waals surface area contributed by atoms with Crippen LogP contribution >= 0.6 is 0 Å². The van der Waals surface area contributed by atoms with Crippen molar-refractivity contribution in [2.75, 3.05) is 13.1 Å². The monoisotopic (exact) mass is 262 g/mol. The van der Waals surface area contributed by atoms with Gasteiger partial charge >= 0.3 is 0 Å². The molecule has 4 heteroatoms. The molecule has 0 saturated carbocycles. The molecule has 0 saturated heterocycles. The van der Waals surface area contributed by atoms with Gasteiger partial charge in [0.1, 0.15) is 5.75 Å². The number of phenols is 1. The van der Waals surface area contributed by atoms with Crippen molar-refractivity contribution in [3.05, 3.63) is 29.3 Å². The molecule has 104 valence electrons. The van der Waals surface area contributed by atoms with Gasteiger partial charge in [-0.3, -0.25) is 4.79 Å². The number of nitrogens with two attached hydrogens (primary N) is 1. The molecule has 1 aromatic rings. The molecule has 1 heterocycles. The van der Waals surface area contributed by atoms with E-state index in [1.807, 2.05) is 24.8 Å². The van der Waals surface area contributed by atoms with Crippen LogP contribution in [0.25, 0.3) is 0 Å². The third-order valence-electron chi connectivity index (χ3n) is 3.89. The van der Waals surface area contributed by atoms with Crippen molar-refractivity contribution in [3.63, 3.8) is 0 Å². The van der Waals surface area contributed by atoms with Crippen LogP contribution in [-0.2, 0) is 17.8 Å². The Morgan fingerprint density at radius 2 is 2.16 bits per heavy atom. The average Bonchev–Trinajstić information content (AvgIpc) is 2.38. The number of fused-ring (bicyclic) bond motifs is 1. The first-order valence-electron chi connectivity index (χ1n) is 6.82. The van der Waals surface area contributed by atoms with Gasteiger partial charge < -0.3 is 15.7 Å². The topological polar surface area (TPSA) is 66.6 Å². The van der Waals surface area contributed by atoms with E-state index in [1.165, 1.54) is 5.56 Å². The second-order valence-corrected chi connectivity index (χ2v) is 5.55. The van der Waals surface area contributed by atoms with Crippen molar-refractivity contribution in [1.29, 1.82) is 0 Å². The minimum absolute atomic E-state index is 0.112. The number of hydrogen-bond acceptors (Lipinski definition) is 3. The number of amides is 1. The van der Waals surface area contributed by atoms with Gasteiger partial charge in [-0.25, -0.2) is 0 Å². The highest BCUT2D eigenvalue weighted by atomic mass is 16.3. The summed E-state index contributed by atoms with van der Waals surface area (Å²) in [5, 5.41) is 9.53. The van der Waals surface area contributed by atoms with E-state index in [0.29, 0.717) is 13.1 Å². The van der Waals surface area contributed by atoms with Gasteiger partial charge in [-0.1, -0.05) is 19.9 Å². The fraction of sp³-hybridized carbons (Fsp3) is 0.533. The van der Waals surface area contributed by atoms with E-state index in [1.54, 1.807) is 12.1 Å². The summed E-state index contributed by atoms with van der Waals surface area (Å²) < 4.78 is 0. The first-order valence-corrected chi connectivity index (χ1v) is 6.82. The van der Waals surface area contributed by atoms with E-state index in [-0.39, 0.29) is 23.5 Å². The number of phenolic OH excluding ortho intramolecular Hbond substituents is 1. The van der Waals surface area contributed by atoms with Crippen molar-refractivity contribution in [1.82, 2.24) is 4.90 Å². The summed E-state index contributed by atoms with van der Waals surface area (Å²) >= 11 is 0. The normalized spacial score (nSPS) is 16.3. The Kier molecular flexibility index (Phi) is 4.10. The maximum absolute atomic E-state index is 12.4. The average molecular weight is 262 g/mol. The summed E-state index contributed by atoms with van der Waals surface area (Å²) in [5.74, 6) is 0.528. The molecule has 4 nitrogen and oxygen atoms in total. The SMILES string of the molecule is CC(C)C(CN)C(=O)N1CCc2ccc(O)cc2C1. The molecule has 1 amide bonds. The molecule has 3 N–H and O–H groups in total. The van der Waals surface area contributed by atoms with E-state index >= 15 is 0 Å². The van der Waals surface area contributed by atoms with Crippen molar-refractivity contribution < 1.29 is 9.90 Å². The lowest BCUT2D eigenvalue weighted by Gasteiger charge is -2.32. The summed E-state index contributed by atoms with van der Waals surface area (Å²) in [5.41, 5.74) is 7.97. The highest BCUT2D eigenvalue weighted by molar-refractivity contribution is 5.79. The van der Waals surface area contributed by atoms with Crippen LogP contribution < -0.4 is 5.73 Å². The number of aromatic hydroxyl groups is 1. The maximum atomic E-state index is 12.4. The number of hydrogen-bond donors (Lipinski definition) is 2. The minimum Gasteiger partial charge on any atom is -0.508 e. The lowest BCUT2D eigenvalue weighted by Crippen LogP contribution is -2.43. The van der Waals surface area contributed by atoms with Gasteiger partial charge in [-0.2, -0.15) is 0 Å². The number of carbonyl (C=O) groups is 1. The predicted molar refractivity (Wildman–Crippen MR) is 74.6 cm³/mol. The first-order chi connectivity index (χ1) is 9.02. The molecule has 1 aliphatic rings. The van der Waals surface area contributed by atoms with E-state index in [2.05, 4.69) is 0 Å². The Bertz CT molecular complexity index is 471. The largest absolute Gasteiger partial charge is 0.508 e. The number of nitrogens with zero attached hydrogens (tertiary/aromatic N) is 1. The second-order valence-electron chi connectivity index (χ2n) is 5.55. The first kappa shape index (κ1) is 13.9. The molecule has 2 rings (SSSR count). The van der Waals surface area contributed by atoms with Crippen LogP contribution in [0.5, 0.6) is 5.75 Å². The Hall–Kier alpha value is -1.55. The molecular formula is C15H22N2O2. The second kappa shape index (κ2) is 5.61. The lowest BCUT2D eigenvalue weighted by molar-refractivity contribution is -0.137. The molecule has 1 unspecified atom stereocenters. The highest BCUT2D eigenvalue weighted by Gasteiger charge is 2.28. The molecule has 0 aromatic heterocycles.